The Kier molecular flexibility index (Phi) is 6.46. The number of carbonyl (C=O) groups excluding carboxylic acids is 1. The average Bonchev–Trinajstić information content (AvgIpc) is 3.59. The maximum atomic E-state index is 12.9. The van der Waals surface area contributed by atoms with Crippen molar-refractivity contribution in [2.75, 3.05) is 6.61 Å². The minimum Gasteiger partial charge on any atom is -0.494 e. The van der Waals surface area contributed by atoms with Gasteiger partial charge in [-0.1, -0.05) is 74.0 Å². The van der Waals surface area contributed by atoms with E-state index in [-0.39, 0.29) is 17.2 Å². The fourth-order valence-corrected chi connectivity index (χ4v) is 4.09. The first-order valence-corrected chi connectivity index (χ1v) is 10.9. The SMILES string of the molecule is CCCCOc1ccc(/C=N/NC(=O)C2CC2(c2ccccc2)c2ccccc2)cc1. The highest BCUT2D eigenvalue weighted by Crippen LogP contribution is 2.58. The van der Waals surface area contributed by atoms with Crippen molar-refractivity contribution in [1.29, 1.82) is 0 Å². The lowest BCUT2D eigenvalue weighted by Gasteiger charge is -2.18. The lowest BCUT2D eigenvalue weighted by atomic mass is 9.85. The van der Waals surface area contributed by atoms with Gasteiger partial charge in [0.15, 0.2) is 0 Å². The van der Waals surface area contributed by atoms with Gasteiger partial charge in [0.2, 0.25) is 5.91 Å². The molecule has 1 amide bonds. The number of carbonyl (C=O) groups is 1. The van der Waals surface area contributed by atoms with Gasteiger partial charge in [0, 0.05) is 5.41 Å². The van der Waals surface area contributed by atoms with E-state index in [1.807, 2.05) is 60.7 Å². The molecule has 4 nitrogen and oxygen atoms in total. The molecule has 0 saturated heterocycles. The normalized spacial score (nSPS) is 16.7. The molecule has 3 aromatic carbocycles. The third-order valence-corrected chi connectivity index (χ3v) is 5.89. The molecule has 1 unspecified atom stereocenters. The molecule has 1 atom stereocenters. The van der Waals surface area contributed by atoms with Gasteiger partial charge in [-0.15, -0.1) is 0 Å². The maximum absolute atomic E-state index is 12.9. The van der Waals surface area contributed by atoms with Gasteiger partial charge in [-0.3, -0.25) is 4.79 Å². The fraction of sp³-hybridized carbons (Fsp3) is 0.259. The van der Waals surface area contributed by atoms with E-state index in [4.69, 9.17) is 4.74 Å². The standard InChI is InChI=1S/C27H28N2O2/c1-2-3-18-31-24-16-14-21(15-17-24)20-28-29-26(30)25-19-27(25,22-10-6-4-7-11-22)23-12-8-5-9-13-23/h4-17,20,25H,2-3,18-19H2,1H3,(H,29,30)/b28-20+. The van der Waals surface area contributed by atoms with Gasteiger partial charge in [0.1, 0.15) is 5.75 Å². The molecule has 0 aliphatic heterocycles. The van der Waals surface area contributed by atoms with Gasteiger partial charge in [-0.2, -0.15) is 5.10 Å². The van der Waals surface area contributed by atoms with Crippen LogP contribution < -0.4 is 10.2 Å². The summed E-state index contributed by atoms with van der Waals surface area (Å²) >= 11 is 0. The molecule has 158 valence electrons. The summed E-state index contributed by atoms with van der Waals surface area (Å²) in [5.74, 6) is 0.662. The molecule has 0 aromatic heterocycles. The summed E-state index contributed by atoms with van der Waals surface area (Å²) < 4.78 is 5.68. The van der Waals surface area contributed by atoms with Gasteiger partial charge in [0.25, 0.3) is 0 Å². The molecule has 3 aromatic rings. The van der Waals surface area contributed by atoms with Gasteiger partial charge in [-0.25, -0.2) is 5.43 Å². The van der Waals surface area contributed by atoms with Crippen LogP contribution in [0.15, 0.2) is 90.0 Å². The molecule has 4 heteroatoms. The van der Waals surface area contributed by atoms with E-state index >= 15 is 0 Å². The number of ether oxygens (including phenoxy) is 1. The quantitative estimate of drug-likeness (QED) is 0.294. The van der Waals surface area contributed by atoms with Crippen molar-refractivity contribution in [2.24, 2.45) is 11.0 Å². The zero-order valence-corrected chi connectivity index (χ0v) is 17.8. The van der Waals surface area contributed by atoms with Gasteiger partial charge >= 0.3 is 0 Å². The van der Waals surface area contributed by atoms with E-state index < -0.39 is 0 Å². The molecule has 4 rings (SSSR count). The first-order valence-electron chi connectivity index (χ1n) is 10.9. The molecule has 0 radical (unpaired) electrons. The van der Waals surface area contributed by atoms with Gasteiger partial charge < -0.3 is 4.74 Å². The van der Waals surface area contributed by atoms with Crippen LogP contribution in [-0.2, 0) is 10.2 Å². The summed E-state index contributed by atoms with van der Waals surface area (Å²) in [6.45, 7) is 2.87. The van der Waals surface area contributed by atoms with Crippen molar-refractivity contribution in [3.8, 4) is 5.75 Å². The van der Waals surface area contributed by atoms with E-state index in [9.17, 15) is 4.79 Å². The highest BCUT2D eigenvalue weighted by molar-refractivity contribution is 5.87. The smallest absolute Gasteiger partial charge is 0.244 e. The Morgan fingerprint density at radius 3 is 2.19 bits per heavy atom. The third-order valence-electron chi connectivity index (χ3n) is 5.89. The van der Waals surface area contributed by atoms with Crippen molar-refractivity contribution in [1.82, 2.24) is 5.43 Å². The average molecular weight is 413 g/mol. The summed E-state index contributed by atoms with van der Waals surface area (Å²) in [4.78, 5) is 12.9. The number of hydrazone groups is 1. The number of nitrogens with one attached hydrogen (secondary N) is 1. The van der Waals surface area contributed by atoms with E-state index in [0.29, 0.717) is 0 Å². The second-order valence-electron chi connectivity index (χ2n) is 7.97. The Bertz CT molecular complexity index is 975. The Hall–Kier alpha value is -3.40. The van der Waals surface area contributed by atoms with E-state index in [1.165, 1.54) is 11.1 Å². The molecular formula is C27H28N2O2. The van der Waals surface area contributed by atoms with Crippen LogP contribution in [0.3, 0.4) is 0 Å². The molecule has 0 heterocycles. The fourth-order valence-electron chi connectivity index (χ4n) is 4.09. The number of nitrogens with zero attached hydrogens (tertiary/aromatic N) is 1. The lowest BCUT2D eigenvalue weighted by molar-refractivity contribution is -0.122. The van der Waals surface area contributed by atoms with E-state index in [2.05, 4.69) is 41.7 Å². The maximum Gasteiger partial charge on any atom is 0.244 e. The van der Waals surface area contributed by atoms with Crippen molar-refractivity contribution >= 4 is 12.1 Å². The highest BCUT2D eigenvalue weighted by atomic mass is 16.5. The second-order valence-corrected chi connectivity index (χ2v) is 7.97. The minimum absolute atomic E-state index is 0.0523. The third kappa shape index (κ3) is 4.69. The van der Waals surface area contributed by atoms with Crippen molar-refractivity contribution in [3.63, 3.8) is 0 Å². The van der Waals surface area contributed by atoms with Crippen LogP contribution in [0.25, 0.3) is 0 Å². The number of unbranched alkanes of at least 4 members (excludes halogenated alkanes) is 1. The Morgan fingerprint density at radius 1 is 1.00 bits per heavy atom. The minimum atomic E-state index is -0.278. The highest BCUT2D eigenvalue weighted by Gasteiger charge is 2.60. The topological polar surface area (TPSA) is 50.7 Å². The largest absolute Gasteiger partial charge is 0.494 e. The van der Waals surface area contributed by atoms with Crippen LogP contribution in [-0.4, -0.2) is 18.7 Å². The molecule has 1 saturated carbocycles. The number of hydrogen-bond donors (Lipinski definition) is 1. The number of hydrogen-bond acceptors (Lipinski definition) is 3. The molecular weight excluding hydrogens is 384 g/mol. The zero-order valence-electron chi connectivity index (χ0n) is 17.8. The van der Waals surface area contributed by atoms with Crippen molar-refractivity contribution in [3.05, 3.63) is 102 Å². The first kappa shape index (κ1) is 20.9. The van der Waals surface area contributed by atoms with Crippen molar-refractivity contribution in [2.45, 2.75) is 31.6 Å². The summed E-state index contributed by atoms with van der Waals surface area (Å²) in [6, 6.07) is 28.3. The van der Waals surface area contributed by atoms with Crippen LogP contribution in [0, 0.1) is 5.92 Å². The Balaban J connectivity index is 1.41. The molecule has 0 spiro atoms. The lowest BCUT2D eigenvalue weighted by Crippen LogP contribution is -2.25. The molecule has 1 fully saturated rings. The molecule has 1 N–H and O–H groups in total. The van der Waals surface area contributed by atoms with Crippen LogP contribution in [0.1, 0.15) is 42.9 Å². The zero-order chi connectivity index (χ0) is 21.5. The van der Waals surface area contributed by atoms with Crippen LogP contribution in [0.2, 0.25) is 0 Å². The second kappa shape index (κ2) is 9.61. The van der Waals surface area contributed by atoms with E-state index in [0.717, 1.165) is 37.2 Å². The molecule has 1 aliphatic carbocycles. The summed E-state index contributed by atoms with van der Waals surface area (Å²) in [5.41, 5.74) is 5.72. The van der Waals surface area contributed by atoms with Crippen LogP contribution in [0.5, 0.6) is 5.75 Å². The predicted molar refractivity (Wildman–Crippen MR) is 124 cm³/mol. The number of amides is 1. The van der Waals surface area contributed by atoms with Crippen molar-refractivity contribution < 1.29 is 9.53 Å². The van der Waals surface area contributed by atoms with Crippen LogP contribution in [0.4, 0.5) is 0 Å². The predicted octanol–water partition coefficient (Wildman–Crippen LogP) is 5.32. The molecule has 0 bridgehead atoms. The first-order chi connectivity index (χ1) is 15.2. The Labute approximate surface area is 184 Å². The summed E-state index contributed by atoms with van der Waals surface area (Å²) in [7, 11) is 0. The number of rotatable bonds is 9. The van der Waals surface area contributed by atoms with Crippen LogP contribution >= 0.6 is 0 Å². The summed E-state index contributed by atoms with van der Waals surface area (Å²) in [5, 5.41) is 4.20. The summed E-state index contributed by atoms with van der Waals surface area (Å²) in [6.07, 6.45) is 4.61. The van der Waals surface area contributed by atoms with Gasteiger partial charge in [-0.05, 0) is 53.8 Å². The molecule has 1 aliphatic rings. The monoisotopic (exact) mass is 412 g/mol. The Morgan fingerprint density at radius 2 is 1.61 bits per heavy atom. The van der Waals surface area contributed by atoms with E-state index in [1.54, 1.807) is 6.21 Å². The molecule has 31 heavy (non-hydrogen) atoms. The van der Waals surface area contributed by atoms with Gasteiger partial charge in [0.05, 0.1) is 18.7 Å². The number of benzene rings is 3.